The third kappa shape index (κ3) is 3.47. The van der Waals surface area contributed by atoms with Gasteiger partial charge in [0, 0.05) is 38.1 Å². The second kappa shape index (κ2) is 7.00. The second-order valence-electron chi connectivity index (χ2n) is 7.38. The van der Waals surface area contributed by atoms with Crippen LogP contribution in [0.2, 0.25) is 0 Å². The van der Waals surface area contributed by atoms with E-state index in [4.69, 9.17) is 0 Å². The molecule has 0 amide bonds. The number of para-hydroxylation sites is 2. The molecule has 1 aliphatic heterocycles. The van der Waals surface area contributed by atoms with Gasteiger partial charge in [0.05, 0.1) is 17.4 Å². The number of hydrogen-bond acceptors (Lipinski definition) is 3. The van der Waals surface area contributed by atoms with Gasteiger partial charge in [0.2, 0.25) is 0 Å². The molecular weight excluding hydrogens is 310 g/mol. The van der Waals surface area contributed by atoms with Gasteiger partial charge in [-0.25, -0.2) is 9.97 Å². The highest BCUT2D eigenvalue weighted by molar-refractivity contribution is 5.75. The summed E-state index contributed by atoms with van der Waals surface area (Å²) in [6.45, 7) is 8.94. The summed E-state index contributed by atoms with van der Waals surface area (Å²) >= 11 is 0. The van der Waals surface area contributed by atoms with Gasteiger partial charge in [-0.3, -0.25) is 0 Å². The van der Waals surface area contributed by atoms with Crippen LogP contribution in [-0.2, 0) is 6.54 Å². The lowest BCUT2D eigenvalue weighted by molar-refractivity contribution is 0.146. The summed E-state index contributed by atoms with van der Waals surface area (Å²) in [5.41, 5.74) is 2.32. The van der Waals surface area contributed by atoms with Crippen LogP contribution in [0.1, 0.15) is 31.6 Å². The molecule has 1 fully saturated rings. The van der Waals surface area contributed by atoms with Gasteiger partial charge < -0.3 is 14.0 Å². The maximum atomic E-state index is 4.54. The molecule has 0 bridgehead atoms. The van der Waals surface area contributed by atoms with E-state index in [-0.39, 0.29) is 0 Å². The van der Waals surface area contributed by atoms with Crippen molar-refractivity contribution in [3.63, 3.8) is 0 Å². The van der Waals surface area contributed by atoms with E-state index in [9.17, 15) is 0 Å². The van der Waals surface area contributed by atoms with Gasteiger partial charge in [0.25, 0.3) is 0 Å². The quantitative estimate of drug-likeness (QED) is 0.715. The standard InChI is InChI=1S/C20H27N5/c1-16(25-15-22-19-7-3-4-8-20(19)25)12-23-10-5-6-18(13-23)14-24-11-9-21-17(24)2/h3-4,7-9,11,15-16,18H,5-6,10,12-14H2,1-2H3/t16-,18+/m0/s1. The lowest BCUT2D eigenvalue weighted by atomic mass is 9.97. The number of imidazole rings is 2. The third-order valence-electron chi connectivity index (χ3n) is 5.46. The minimum Gasteiger partial charge on any atom is -0.335 e. The van der Waals surface area contributed by atoms with Crippen LogP contribution in [0.25, 0.3) is 11.0 Å². The minimum atomic E-state index is 0.432. The zero-order valence-corrected chi connectivity index (χ0v) is 15.2. The summed E-state index contributed by atoms with van der Waals surface area (Å²) < 4.78 is 4.61. The smallest absolute Gasteiger partial charge is 0.105 e. The van der Waals surface area contributed by atoms with Gasteiger partial charge in [-0.1, -0.05) is 12.1 Å². The molecule has 2 atom stereocenters. The predicted octanol–water partition coefficient (Wildman–Crippen LogP) is 3.51. The highest BCUT2D eigenvalue weighted by Crippen LogP contribution is 2.23. The number of fused-ring (bicyclic) bond motifs is 1. The molecule has 0 saturated carbocycles. The first-order valence-corrected chi connectivity index (χ1v) is 9.32. The number of benzene rings is 1. The van der Waals surface area contributed by atoms with Crippen molar-refractivity contribution < 1.29 is 0 Å². The minimum absolute atomic E-state index is 0.432. The summed E-state index contributed by atoms with van der Waals surface area (Å²) in [4.78, 5) is 11.5. The average Bonchev–Trinajstić information content (AvgIpc) is 3.22. The molecule has 0 radical (unpaired) electrons. The van der Waals surface area contributed by atoms with Crippen LogP contribution >= 0.6 is 0 Å². The van der Waals surface area contributed by atoms with Gasteiger partial charge >= 0.3 is 0 Å². The van der Waals surface area contributed by atoms with Crippen molar-refractivity contribution in [2.75, 3.05) is 19.6 Å². The van der Waals surface area contributed by atoms with Gasteiger partial charge in [-0.05, 0) is 51.3 Å². The molecule has 4 rings (SSSR count). The normalized spacial score (nSPS) is 20.2. The Morgan fingerprint density at radius 1 is 1.24 bits per heavy atom. The lowest BCUT2D eigenvalue weighted by Crippen LogP contribution is -2.39. The number of aryl methyl sites for hydroxylation is 1. The van der Waals surface area contributed by atoms with E-state index < -0.39 is 0 Å². The van der Waals surface area contributed by atoms with Crippen molar-refractivity contribution in [2.24, 2.45) is 5.92 Å². The van der Waals surface area contributed by atoms with Crippen molar-refractivity contribution >= 4 is 11.0 Å². The zero-order chi connectivity index (χ0) is 17.2. The third-order valence-corrected chi connectivity index (χ3v) is 5.46. The van der Waals surface area contributed by atoms with E-state index in [1.807, 2.05) is 12.5 Å². The Bertz CT molecular complexity index is 833. The number of piperidine rings is 1. The van der Waals surface area contributed by atoms with Crippen molar-refractivity contribution in [3.8, 4) is 0 Å². The summed E-state index contributed by atoms with van der Waals surface area (Å²) in [6.07, 6.45) is 8.61. The number of rotatable bonds is 5. The SMILES string of the molecule is Cc1nccn1C[C@@H]1CCCN(C[C@H](C)n2cnc3ccccc32)C1. The molecule has 25 heavy (non-hydrogen) atoms. The predicted molar refractivity (Wildman–Crippen MR) is 101 cm³/mol. The summed E-state index contributed by atoms with van der Waals surface area (Å²) in [5.74, 6) is 1.84. The highest BCUT2D eigenvalue weighted by atomic mass is 15.2. The van der Waals surface area contributed by atoms with Crippen LogP contribution in [0.3, 0.4) is 0 Å². The maximum absolute atomic E-state index is 4.54. The maximum Gasteiger partial charge on any atom is 0.105 e. The van der Waals surface area contributed by atoms with Crippen LogP contribution < -0.4 is 0 Å². The Kier molecular flexibility index (Phi) is 4.57. The Labute approximate surface area is 149 Å². The first-order valence-electron chi connectivity index (χ1n) is 9.32. The van der Waals surface area contributed by atoms with Crippen molar-refractivity contribution in [3.05, 3.63) is 48.8 Å². The van der Waals surface area contributed by atoms with Gasteiger partial charge in [0.1, 0.15) is 5.82 Å². The van der Waals surface area contributed by atoms with E-state index in [0.29, 0.717) is 12.0 Å². The second-order valence-corrected chi connectivity index (χ2v) is 7.38. The molecule has 1 aliphatic rings. The van der Waals surface area contributed by atoms with Crippen LogP contribution in [0, 0.1) is 12.8 Å². The fraction of sp³-hybridized carbons (Fsp3) is 0.500. The first-order chi connectivity index (χ1) is 12.2. The number of likely N-dealkylation sites (tertiary alicyclic amines) is 1. The molecule has 5 nitrogen and oxygen atoms in total. The van der Waals surface area contributed by atoms with Crippen LogP contribution in [0.4, 0.5) is 0 Å². The molecule has 0 N–H and O–H groups in total. The zero-order valence-electron chi connectivity index (χ0n) is 15.2. The Morgan fingerprint density at radius 3 is 2.96 bits per heavy atom. The van der Waals surface area contributed by atoms with Crippen molar-refractivity contribution in [1.82, 2.24) is 24.0 Å². The summed E-state index contributed by atoms with van der Waals surface area (Å²) in [6, 6.07) is 8.83. The summed E-state index contributed by atoms with van der Waals surface area (Å²) in [5, 5.41) is 0. The molecule has 0 unspecified atom stereocenters. The van der Waals surface area contributed by atoms with Crippen LogP contribution in [0.5, 0.6) is 0 Å². The average molecular weight is 337 g/mol. The van der Waals surface area contributed by atoms with Crippen LogP contribution in [0.15, 0.2) is 43.0 Å². The fourth-order valence-corrected chi connectivity index (χ4v) is 4.13. The molecular formula is C20H27N5. The Balaban J connectivity index is 1.41. The molecule has 3 heterocycles. The fourth-order valence-electron chi connectivity index (χ4n) is 4.13. The van der Waals surface area contributed by atoms with E-state index >= 15 is 0 Å². The summed E-state index contributed by atoms with van der Waals surface area (Å²) in [7, 11) is 0. The largest absolute Gasteiger partial charge is 0.335 e. The van der Waals surface area contributed by atoms with Gasteiger partial charge in [-0.15, -0.1) is 0 Å². The Morgan fingerprint density at radius 2 is 2.12 bits per heavy atom. The first kappa shape index (κ1) is 16.3. The Hall–Kier alpha value is -2.14. The number of hydrogen-bond donors (Lipinski definition) is 0. The van der Waals surface area contributed by atoms with E-state index in [1.165, 1.54) is 31.4 Å². The van der Waals surface area contributed by atoms with E-state index in [0.717, 1.165) is 24.4 Å². The molecule has 0 spiro atoms. The van der Waals surface area contributed by atoms with Gasteiger partial charge in [-0.2, -0.15) is 0 Å². The molecule has 1 saturated heterocycles. The molecule has 1 aromatic carbocycles. The van der Waals surface area contributed by atoms with Crippen molar-refractivity contribution in [1.29, 1.82) is 0 Å². The number of nitrogens with zero attached hydrogens (tertiary/aromatic N) is 5. The molecule has 3 aromatic rings. The van der Waals surface area contributed by atoms with Crippen molar-refractivity contribution in [2.45, 2.75) is 39.3 Å². The van der Waals surface area contributed by atoms with E-state index in [2.05, 4.69) is 68.3 Å². The van der Waals surface area contributed by atoms with Crippen LogP contribution in [-0.4, -0.2) is 43.6 Å². The molecule has 2 aromatic heterocycles. The molecule has 5 heteroatoms. The highest BCUT2D eigenvalue weighted by Gasteiger charge is 2.22. The lowest BCUT2D eigenvalue weighted by Gasteiger charge is -2.35. The topological polar surface area (TPSA) is 38.9 Å². The monoisotopic (exact) mass is 337 g/mol. The molecule has 132 valence electrons. The van der Waals surface area contributed by atoms with E-state index in [1.54, 1.807) is 0 Å². The molecule has 0 aliphatic carbocycles. The van der Waals surface area contributed by atoms with Gasteiger partial charge in [0.15, 0.2) is 0 Å². The number of aromatic nitrogens is 4.